The van der Waals surface area contributed by atoms with Crippen molar-refractivity contribution in [1.82, 2.24) is 0 Å². The molecule has 1 aromatic rings. The standard InChI is InChI=1S/C11H12BrFO3/c1-8(14)16-5-4-15-7-9-2-3-10(12)6-11(9)13/h2-3,6H,4-5,7H2,1H3. The van der Waals surface area contributed by atoms with Gasteiger partial charge in [0.05, 0.1) is 13.2 Å². The second kappa shape index (κ2) is 6.60. The summed E-state index contributed by atoms with van der Waals surface area (Å²) in [6.45, 7) is 1.94. The van der Waals surface area contributed by atoms with Crippen LogP contribution in [0.25, 0.3) is 0 Å². The third-order valence-corrected chi connectivity index (χ3v) is 2.30. The largest absolute Gasteiger partial charge is 0.463 e. The number of rotatable bonds is 5. The van der Waals surface area contributed by atoms with Crippen LogP contribution in [0.3, 0.4) is 0 Å². The minimum Gasteiger partial charge on any atom is -0.463 e. The molecule has 0 spiro atoms. The second-order valence-electron chi connectivity index (χ2n) is 3.13. The van der Waals surface area contributed by atoms with Crippen molar-refractivity contribution in [2.24, 2.45) is 0 Å². The van der Waals surface area contributed by atoms with Crippen molar-refractivity contribution in [3.05, 3.63) is 34.1 Å². The molecule has 1 rings (SSSR count). The summed E-state index contributed by atoms with van der Waals surface area (Å²) in [5.74, 6) is -0.666. The molecule has 0 saturated heterocycles. The monoisotopic (exact) mass is 290 g/mol. The molecular weight excluding hydrogens is 279 g/mol. The number of hydrogen-bond donors (Lipinski definition) is 0. The van der Waals surface area contributed by atoms with Crippen LogP contribution in [0.2, 0.25) is 0 Å². The molecular formula is C11H12BrFO3. The van der Waals surface area contributed by atoms with E-state index in [1.807, 2.05) is 0 Å². The fourth-order valence-electron chi connectivity index (χ4n) is 1.07. The van der Waals surface area contributed by atoms with Crippen molar-refractivity contribution in [1.29, 1.82) is 0 Å². The lowest BCUT2D eigenvalue weighted by Crippen LogP contribution is -2.08. The number of halogens is 2. The zero-order valence-electron chi connectivity index (χ0n) is 8.83. The Labute approximate surface area is 102 Å². The summed E-state index contributed by atoms with van der Waals surface area (Å²) in [7, 11) is 0. The Morgan fingerprint density at radius 2 is 2.19 bits per heavy atom. The topological polar surface area (TPSA) is 35.5 Å². The van der Waals surface area contributed by atoms with Crippen LogP contribution in [0, 0.1) is 5.82 Å². The summed E-state index contributed by atoms with van der Waals surface area (Å²) < 4.78 is 23.8. The number of ether oxygens (including phenoxy) is 2. The molecule has 16 heavy (non-hydrogen) atoms. The van der Waals surface area contributed by atoms with Crippen LogP contribution in [-0.4, -0.2) is 19.2 Å². The first-order valence-electron chi connectivity index (χ1n) is 4.74. The van der Waals surface area contributed by atoms with E-state index >= 15 is 0 Å². The smallest absolute Gasteiger partial charge is 0.302 e. The van der Waals surface area contributed by atoms with Gasteiger partial charge in [0.15, 0.2) is 0 Å². The SMILES string of the molecule is CC(=O)OCCOCc1ccc(Br)cc1F. The molecule has 1 aromatic carbocycles. The van der Waals surface area contributed by atoms with Crippen molar-refractivity contribution in [2.75, 3.05) is 13.2 Å². The van der Waals surface area contributed by atoms with Crippen LogP contribution >= 0.6 is 15.9 Å². The first-order chi connectivity index (χ1) is 7.59. The molecule has 0 fully saturated rings. The molecule has 0 atom stereocenters. The quantitative estimate of drug-likeness (QED) is 0.618. The molecule has 0 heterocycles. The van der Waals surface area contributed by atoms with E-state index in [-0.39, 0.29) is 31.6 Å². The Morgan fingerprint density at radius 1 is 1.44 bits per heavy atom. The van der Waals surface area contributed by atoms with Gasteiger partial charge < -0.3 is 9.47 Å². The van der Waals surface area contributed by atoms with Gasteiger partial charge in [0, 0.05) is 17.0 Å². The van der Waals surface area contributed by atoms with Gasteiger partial charge in [0.2, 0.25) is 0 Å². The molecule has 0 amide bonds. The predicted molar refractivity (Wildman–Crippen MR) is 60.4 cm³/mol. The molecule has 0 aliphatic carbocycles. The van der Waals surface area contributed by atoms with Gasteiger partial charge in [-0.05, 0) is 12.1 Å². The summed E-state index contributed by atoms with van der Waals surface area (Å²) in [6.07, 6.45) is 0. The Kier molecular flexibility index (Phi) is 5.42. The average molecular weight is 291 g/mol. The van der Waals surface area contributed by atoms with Crippen molar-refractivity contribution < 1.29 is 18.7 Å². The van der Waals surface area contributed by atoms with Crippen molar-refractivity contribution in [2.45, 2.75) is 13.5 Å². The highest BCUT2D eigenvalue weighted by atomic mass is 79.9. The van der Waals surface area contributed by atoms with Gasteiger partial charge in [-0.15, -0.1) is 0 Å². The van der Waals surface area contributed by atoms with E-state index in [0.29, 0.717) is 10.0 Å². The summed E-state index contributed by atoms with van der Waals surface area (Å²) in [5.41, 5.74) is 0.478. The Balaban J connectivity index is 2.29. The maximum Gasteiger partial charge on any atom is 0.302 e. The fourth-order valence-corrected chi connectivity index (χ4v) is 1.40. The minimum absolute atomic E-state index is 0.167. The Morgan fingerprint density at radius 3 is 2.81 bits per heavy atom. The molecule has 0 unspecified atom stereocenters. The zero-order valence-corrected chi connectivity index (χ0v) is 10.4. The third kappa shape index (κ3) is 4.72. The van der Waals surface area contributed by atoms with Crippen LogP contribution in [0.4, 0.5) is 4.39 Å². The molecule has 5 heteroatoms. The molecule has 0 saturated carbocycles. The van der Waals surface area contributed by atoms with Crippen LogP contribution in [0.1, 0.15) is 12.5 Å². The van der Waals surface area contributed by atoms with Crippen LogP contribution in [0.5, 0.6) is 0 Å². The molecule has 0 aliphatic heterocycles. The molecule has 88 valence electrons. The third-order valence-electron chi connectivity index (χ3n) is 1.81. The van der Waals surface area contributed by atoms with E-state index < -0.39 is 0 Å². The maximum absolute atomic E-state index is 13.3. The lowest BCUT2D eigenvalue weighted by molar-refractivity contribution is -0.142. The summed E-state index contributed by atoms with van der Waals surface area (Å²) >= 11 is 3.17. The van der Waals surface area contributed by atoms with Gasteiger partial charge in [-0.3, -0.25) is 4.79 Å². The highest BCUT2D eigenvalue weighted by Gasteiger charge is 2.02. The Bertz CT molecular complexity index is 368. The number of carbonyl (C=O) groups is 1. The van der Waals surface area contributed by atoms with Crippen molar-refractivity contribution in [3.8, 4) is 0 Å². The number of esters is 1. The summed E-state index contributed by atoms with van der Waals surface area (Å²) in [5, 5.41) is 0. The first kappa shape index (κ1) is 13.1. The molecule has 0 aliphatic rings. The normalized spacial score (nSPS) is 10.2. The molecule has 0 radical (unpaired) electrons. The van der Waals surface area contributed by atoms with Crippen LogP contribution in [-0.2, 0) is 20.9 Å². The molecule has 0 aromatic heterocycles. The van der Waals surface area contributed by atoms with Crippen molar-refractivity contribution >= 4 is 21.9 Å². The number of carbonyl (C=O) groups excluding carboxylic acids is 1. The first-order valence-corrected chi connectivity index (χ1v) is 5.54. The highest BCUT2D eigenvalue weighted by molar-refractivity contribution is 9.10. The van der Waals surface area contributed by atoms with Crippen LogP contribution in [0.15, 0.2) is 22.7 Å². The lowest BCUT2D eigenvalue weighted by atomic mass is 10.2. The summed E-state index contributed by atoms with van der Waals surface area (Å²) in [4.78, 5) is 10.4. The van der Waals surface area contributed by atoms with Gasteiger partial charge in [0.25, 0.3) is 0 Å². The maximum atomic E-state index is 13.3. The highest BCUT2D eigenvalue weighted by Crippen LogP contribution is 2.15. The van der Waals surface area contributed by atoms with E-state index in [1.54, 1.807) is 12.1 Å². The van der Waals surface area contributed by atoms with Gasteiger partial charge in [-0.2, -0.15) is 0 Å². The molecule has 0 bridgehead atoms. The number of hydrogen-bond acceptors (Lipinski definition) is 3. The van der Waals surface area contributed by atoms with E-state index in [0.717, 1.165) is 0 Å². The Hall–Kier alpha value is -0.940. The second-order valence-corrected chi connectivity index (χ2v) is 4.04. The van der Waals surface area contributed by atoms with Crippen LogP contribution < -0.4 is 0 Å². The average Bonchev–Trinajstić information content (AvgIpc) is 2.20. The minimum atomic E-state index is -0.349. The van der Waals surface area contributed by atoms with E-state index in [2.05, 4.69) is 20.7 Å². The van der Waals surface area contributed by atoms with Gasteiger partial charge in [-0.25, -0.2) is 4.39 Å². The lowest BCUT2D eigenvalue weighted by Gasteiger charge is -2.06. The van der Waals surface area contributed by atoms with Gasteiger partial charge in [-0.1, -0.05) is 22.0 Å². The van der Waals surface area contributed by atoms with Crippen molar-refractivity contribution in [3.63, 3.8) is 0 Å². The molecule has 0 N–H and O–H groups in total. The number of benzene rings is 1. The fraction of sp³-hybridized carbons (Fsp3) is 0.364. The zero-order chi connectivity index (χ0) is 12.0. The summed E-state index contributed by atoms with van der Waals surface area (Å²) in [6, 6.07) is 4.77. The predicted octanol–water partition coefficient (Wildman–Crippen LogP) is 2.67. The van der Waals surface area contributed by atoms with E-state index in [4.69, 9.17) is 4.74 Å². The van der Waals surface area contributed by atoms with E-state index in [9.17, 15) is 9.18 Å². The van der Waals surface area contributed by atoms with E-state index in [1.165, 1.54) is 13.0 Å². The molecule has 3 nitrogen and oxygen atoms in total. The van der Waals surface area contributed by atoms with Gasteiger partial charge >= 0.3 is 5.97 Å². The van der Waals surface area contributed by atoms with Gasteiger partial charge in [0.1, 0.15) is 12.4 Å².